The quantitative estimate of drug-likeness (QED) is 0.394. The number of aryl methyl sites for hydroxylation is 1. The highest BCUT2D eigenvalue weighted by atomic mass is 16.5. The molecule has 2 aromatic heterocycles. The smallest absolute Gasteiger partial charge is 0.236 e. The number of fused-ring (bicyclic) bond motifs is 1. The molecule has 188 valence electrons. The number of benzene rings is 2. The van der Waals surface area contributed by atoms with Crippen molar-refractivity contribution < 1.29 is 9.53 Å². The van der Waals surface area contributed by atoms with E-state index in [1.807, 2.05) is 79.7 Å². The minimum atomic E-state index is -0.0784. The molecule has 1 aliphatic heterocycles. The van der Waals surface area contributed by atoms with Crippen molar-refractivity contribution in [3.8, 4) is 29.2 Å². The number of likely N-dealkylation sites (tertiary alicyclic amines) is 1. The molecule has 37 heavy (non-hydrogen) atoms. The lowest BCUT2D eigenvalue weighted by Gasteiger charge is -2.20. The summed E-state index contributed by atoms with van der Waals surface area (Å²) >= 11 is 0. The largest absolute Gasteiger partial charge is 0.488 e. The zero-order valence-electron chi connectivity index (χ0n) is 21.2. The molecule has 9 heteroatoms. The lowest BCUT2D eigenvalue weighted by Crippen LogP contribution is -2.37. The van der Waals surface area contributed by atoms with Gasteiger partial charge in [0.25, 0.3) is 0 Å². The molecule has 0 spiro atoms. The third-order valence-corrected chi connectivity index (χ3v) is 6.20. The Labute approximate surface area is 216 Å². The molecule has 2 aromatic carbocycles. The van der Waals surface area contributed by atoms with Gasteiger partial charge in [-0.25, -0.2) is 9.97 Å². The number of hydrogen-bond donors (Lipinski definition) is 1. The van der Waals surface area contributed by atoms with Crippen molar-refractivity contribution in [1.29, 1.82) is 0 Å². The van der Waals surface area contributed by atoms with Crippen LogP contribution in [0.4, 0.5) is 11.6 Å². The summed E-state index contributed by atoms with van der Waals surface area (Å²) in [6, 6.07) is 11.6. The Morgan fingerprint density at radius 2 is 2.08 bits per heavy atom. The number of aromatic nitrogens is 4. The highest BCUT2D eigenvalue weighted by molar-refractivity contribution is 5.81. The van der Waals surface area contributed by atoms with E-state index < -0.39 is 0 Å². The van der Waals surface area contributed by atoms with Crippen LogP contribution in [0.25, 0.3) is 22.0 Å². The Balaban J connectivity index is 1.39. The monoisotopic (exact) mass is 495 g/mol. The maximum atomic E-state index is 12.5. The van der Waals surface area contributed by atoms with Gasteiger partial charge < -0.3 is 19.9 Å². The van der Waals surface area contributed by atoms with Gasteiger partial charge in [-0.3, -0.25) is 9.48 Å². The molecule has 1 atom stereocenters. The third kappa shape index (κ3) is 5.71. The van der Waals surface area contributed by atoms with E-state index in [0.717, 1.165) is 39.7 Å². The number of ether oxygens (including phenoxy) is 1. The van der Waals surface area contributed by atoms with Crippen molar-refractivity contribution in [3.05, 3.63) is 60.6 Å². The minimum absolute atomic E-state index is 0.0784. The van der Waals surface area contributed by atoms with E-state index in [0.29, 0.717) is 31.3 Å². The molecule has 5 rings (SSSR count). The van der Waals surface area contributed by atoms with Gasteiger partial charge in [-0.1, -0.05) is 5.92 Å². The van der Waals surface area contributed by atoms with E-state index in [-0.39, 0.29) is 12.0 Å². The van der Waals surface area contributed by atoms with Crippen LogP contribution in [0, 0.1) is 12.3 Å². The SMILES string of the molecule is C#Cc1ccc2nc(Nc3cc(OC4CCN(C(=O)CN(C)C)C4)cc(-c4cnn(C)c4)c3)ncc2c1. The van der Waals surface area contributed by atoms with Crippen LogP contribution in [0.2, 0.25) is 0 Å². The normalized spacial score (nSPS) is 15.2. The van der Waals surface area contributed by atoms with Crippen LogP contribution < -0.4 is 10.1 Å². The number of nitrogens with one attached hydrogen (secondary N) is 1. The number of rotatable bonds is 7. The van der Waals surface area contributed by atoms with Crippen LogP contribution in [0.1, 0.15) is 12.0 Å². The molecule has 0 saturated carbocycles. The zero-order valence-corrected chi connectivity index (χ0v) is 21.2. The third-order valence-electron chi connectivity index (χ3n) is 6.20. The second kappa shape index (κ2) is 10.3. The van der Waals surface area contributed by atoms with Crippen molar-refractivity contribution in [3.63, 3.8) is 0 Å². The molecule has 3 heterocycles. The van der Waals surface area contributed by atoms with Crippen molar-refractivity contribution in [2.24, 2.45) is 7.05 Å². The van der Waals surface area contributed by atoms with Crippen LogP contribution in [0.3, 0.4) is 0 Å². The number of nitrogens with zero attached hydrogens (tertiary/aromatic N) is 6. The zero-order chi connectivity index (χ0) is 25.9. The molecule has 4 aromatic rings. The highest BCUT2D eigenvalue weighted by Crippen LogP contribution is 2.31. The van der Waals surface area contributed by atoms with Crippen LogP contribution in [0.15, 0.2) is 55.0 Å². The first-order chi connectivity index (χ1) is 17.9. The number of amides is 1. The molecule has 1 amide bonds. The summed E-state index contributed by atoms with van der Waals surface area (Å²) < 4.78 is 8.13. The van der Waals surface area contributed by atoms with Crippen LogP contribution in [0.5, 0.6) is 5.75 Å². The van der Waals surface area contributed by atoms with Crippen molar-refractivity contribution in [2.45, 2.75) is 12.5 Å². The summed E-state index contributed by atoms with van der Waals surface area (Å²) in [7, 11) is 5.68. The van der Waals surface area contributed by atoms with Gasteiger partial charge in [-0.2, -0.15) is 5.10 Å². The molecule has 1 aliphatic rings. The average molecular weight is 496 g/mol. The Bertz CT molecular complexity index is 1490. The first-order valence-corrected chi connectivity index (χ1v) is 12.1. The molecule has 1 saturated heterocycles. The van der Waals surface area contributed by atoms with Crippen LogP contribution in [-0.4, -0.2) is 75.3 Å². The van der Waals surface area contributed by atoms with E-state index in [9.17, 15) is 4.79 Å². The molecular formula is C28H29N7O2. The Hall–Kier alpha value is -4.42. The number of terminal acetylenes is 1. The van der Waals surface area contributed by atoms with E-state index >= 15 is 0 Å². The van der Waals surface area contributed by atoms with E-state index in [1.54, 1.807) is 10.9 Å². The second-order valence-corrected chi connectivity index (χ2v) is 9.49. The Kier molecular flexibility index (Phi) is 6.75. The molecule has 1 N–H and O–H groups in total. The van der Waals surface area contributed by atoms with Gasteiger partial charge in [0.05, 0.1) is 24.8 Å². The van der Waals surface area contributed by atoms with Crippen LogP contribution in [-0.2, 0) is 11.8 Å². The molecule has 1 fully saturated rings. The van der Waals surface area contributed by atoms with E-state index in [1.165, 1.54) is 0 Å². The number of carbonyl (C=O) groups is 1. The van der Waals surface area contributed by atoms with E-state index in [2.05, 4.69) is 26.3 Å². The summed E-state index contributed by atoms with van der Waals surface area (Å²) in [6.07, 6.45) is 11.7. The standard InChI is InChI=1S/C28H29N7O2/c1-5-19-6-7-26-21(10-19)14-29-28(32-26)31-23-11-20(22-15-30-34(4)16-22)12-25(13-23)37-24-8-9-35(17-24)27(36)18-33(2)3/h1,6-7,10-16,24H,8-9,17-18H2,2-4H3,(H,29,31,32). The van der Waals surface area contributed by atoms with Gasteiger partial charge in [0, 0.05) is 60.7 Å². The Morgan fingerprint density at radius 3 is 2.84 bits per heavy atom. The van der Waals surface area contributed by atoms with Gasteiger partial charge >= 0.3 is 0 Å². The fraction of sp³-hybridized carbons (Fsp3) is 0.286. The maximum absolute atomic E-state index is 12.5. The van der Waals surface area contributed by atoms with Gasteiger partial charge in [0.1, 0.15) is 11.9 Å². The predicted octanol–water partition coefficient (Wildman–Crippen LogP) is 3.30. The molecule has 0 bridgehead atoms. The van der Waals surface area contributed by atoms with Crippen molar-refractivity contribution in [1.82, 2.24) is 29.5 Å². The van der Waals surface area contributed by atoms with Crippen LogP contribution >= 0.6 is 0 Å². The first-order valence-electron chi connectivity index (χ1n) is 12.1. The average Bonchev–Trinajstić information content (AvgIpc) is 3.52. The molecular weight excluding hydrogens is 466 g/mol. The van der Waals surface area contributed by atoms with Crippen molar-refractivity contribution >= 4 is 28.4 Å². The molecule has 0 radical (unpaired) electrons. The maximum Gasteiger partial charge on any atom is 0.236 e. The predicted molar refractivity (Wildman–Crippen MR) is 144 cm³/mol. The first kappa shape index (κ1) is 24.3. The minimum Gasteiger partial charge on any atom is -0.488 e. The fourth-order valence-electron chi connectivity index (χ4n) is 4.40. The summed E-state index contributed by atoms with van der Waals surface area (Å²) in [6.45, 7) is 1.66. The summed E-state index contributed by atoms with van der Waals surface area (Å²) in [5.41, 5.74) is 4.29. The number of anilines is 2. The highest BCUT2D eigenvalue weighted by Gasteiger charge is 2.28. The molecule has 0 aliphatic carbocycles. The Morgan fingerprint density at radius 1 is 1.22 bits per heavy atom. The number of carbonyl (C=O) groups excluding carboxylic acids is 1. The van der Waals surface area contributed by atoms with E-state index in [4.69, 9.17) is 11.2 Å². The lowest BCUT2D eigenvalue weighted by molar-refractivity contribution is -0.131. The van der Waals surface area contributed by atoms with Gasteiger partial charge in [-0.05, 0) is 50.0 Å². The number of hydrogen-bond acceptors (Lipinski definition) is 7. The van der Waals surface area contributed by atoms with Gasteiger partial charge in [0.15, 0.2) is 0 Å². The topological polar surface area (TPSA) is 88.4 Å². The fourth-order valence-corrected chi connectivity index (χ4v) is 4.40. The lowest BCUT2D eigenvalue weighted by atomic mass is 10.1. The summed E-state index contributed by atoms with van der Waals surface area (Å²) in [5.74, 6) is 3.92. The second-order valence-electron chi connectivity index (χ2n) is 9.49. The van der Waals surface area contributed by atoms with Gasteiger partial charge in [0.2, 0.25) is 11.9 Å². The molecule has 9 nitrogen and oxygen atoms in total. The summed E-state index contributed by atoms with van der Waals surface area (Å²) in [4.78, 5) is 25.3. The van der Waals surface area contributed by atoms with Gasteiger partial charge in [-0.15, -0.1) is 6.42 Å². The van der Waals surface area contributed by atoms with Crippen molar-refractivity contribution in [2.75, 3.05) is 39.0 Å². The molecule has 1 unspecified atom stereocenters. The summed E-state index contributed by atoms with van der Waals surface area (Å²) in [5, 5.41) is 8.50. The number of likely N-dealkylation sites (N-methyl/N-ethyl adjacent to an activating group) is 1.